The fraction of sp³-hybridized carbons (Fsp3) is 0.739. The summed E-state index contributed by atoms with van der Waals surface area (Å²) >= 11 is 0. The van der Waals surface area contributed by atoms with Crippen LogP contribution in [-0.4, -0.2) is 22.3 Å². The Morgan fingerprint density at radius 3 is 2.39 bits per heavy atom. The molecular formula is C23H35N3O2. The highest BCUT2D eigenvalue weighted by molar-refractivity contribution is 6.06. The third kappa shape index (κ3) is 4.28. The summed E-state index contributed by atoms with van der Waals surface area (Å²) in [7, 11) is 0. The second kappa shape index (κ2) is 8.71. The molecule has 154 valence electrons. The first kappa shape index (κ1) is 19.5. The first-order chi connectivity index (χ1) is 13.7. The topological polar surface area (TPSA) is 71.8 Å². The van der Waals surface area contributed by atoms with Crippen molar-refractivity contribution >= 4 is 11.9 Å². The van der Waals surface area contributed by atoms with Crippen molar-refractivity contribution in [3.8, 4) is 0 Å². The largest absolute Gasteiger partial charge is 0.467 e. The van der Waals surface area contributed by atoms with Crippen molar-refractivity contribution < 1.29 is 9.21 Å². The molecule has 0 aromatic carbocycles. The van der Waals surface area contributed by atoms with E-state index in [0.717, 1.165) is 30.9 Å². The van der Waals surface area contributed by atoms with Gasteiger partial charge in [-0.05, 0) is 43.2 Å². The van der Waals surface area contributed by atoms with Gasteiger partial charge in [-0.15, -0.1) is 0 Å². The number of hydrogen-bond acceptors (Lipinski definition) is 4. The average molecular weight is 386 g/mol. The summed E-state index contributed by atoms with van der Waals surface area (Å²) in [4.78, 5) is 20.1. The highest BCUT2D eigenvalue weighted by atomic mass is 16.3. The zero-order chi connectivity index (χ0) is 19.4. The molecule has 4 rings (SSSR count). The third-order valence-electron chi connectivity index (χ3n) is 7.18. The van der Waals surface area contributed by atoms with Gasteiger partial charge in [0.05, 0.1) is 12.8 Å². The quantitative estimate of drug-likeness (QED) is 0.717. The molecular weight excluding hydrogens is 350 g/mol. The second-order valence-corrected chi connectivity index (χ2v) is 9.22. The minimum absolute atomic E-state index is 0.0998. The molecule has 2 aliphatic carbocycles. The molecule has 1 atom stereocenters. The van der Waals surface area contributed by atoms with Gasteiger partial charge in [-0.1, -0.05) is 64.2 Å². The van der Waals surface area contributed by atoms with Gasteiger partial charge in [0.1, 0.15) is 11.3 Å². The van der Waals surface area contributed by atoms with E-state index in [1.165, 1.54) is 64.2 Å². The summed E-state index contributed by atoms with van der Waals surface area (Å²) in [5.74, 6) is 2.58. The van der Waals surface area contributed by atoms with Crippen LogP contribution in [-0.2, 0) is 11.3 Å². The Kier molecular flexibility index (Phi) is 6.07. The Morgan fingerprint density at radius 2 is 1.75 bits per heavy atom. The van der Waals surface area contributed by atoms with Crippen molar-refractivity contribution in [2.45, 2.75) is 95.6 Å². The summed E-state index contributed by atoms with van der Waals surface area (Å²) in [5.41, 5.74) is 5.65. The van der Waals surface area contributed by atoms with E-state index in [0.29, 0.717) is 18.4 Å². The normalized spacial score (nSPS) is 27.4. The maximum atomic E-state index is 13.6. The third-order valence-corrected chi connectivity index (χ3v) is 7.18. The Morgan fingerprint density at radius 1 is 1.07 bits per heavy atom. The molecule has 1 amide bonds. The number of carbonyl (C=O) groups excluding carboxylic acids is 1. The van der Waals surface area contributed by atoms with Gasteiger partial charge >= 0.3 is 0 Å². The number of nitrogens with zero attached hydrogens (tertiary/aromatic N) is 2. The number of nitrogens with two attached hydrogens (primary N) is 1. The van der Waals surface area contributed by atoms with E-state index in [1.807, 2.05) is 12.1 Å². The summed E-state index contributed by atoms with van der Waals surface area (Å²) in [6.45, 7) is 0.386. The van der Waals surface area contributed by atoms with Gasteiger partial charge in [-0.2, -0.15) is 0 Å². The molecule has 2 saturated carbocycles. The molecule has 2 N–H and O–H groups in total. The highest BCUT2D eigenvalue weighted by Gasteiger charge is 2.48. The Balaban J connectivity index is 1.50. The van der Waals surface area contributed by atoms with Crippen molar-refractivity contribution in [1.29, 1.82) is 0 Å². The lowest BCUT2D eigenvalue weighted by Crippen LogP contribution is -2.45. The van der Waals surface area contributed by atoms with Gasteiger partial charge in [-0.25, -0.2) is 4.99 Å². The molecule has 0 bridgehead atoms. The van der Waals surface area contributed by atoms with Crippen LogP contribution in [0.4, 0.5) is 0 Å². The zero-order valence-electron chi connectivity index (χ0n) is 17.1. The lowest BCUT2D eigenvalue weighted by molar-refractivity contribution is -0.133. The van der Waals surface area contributed by atoms with Crippen LogP contribution < -0.4 is 5.73 Å². The van der Waals surface area contributed by atoms with Crippen molar-refractivity contribution in [2.75, 3.05) is 0 Å². The Hall–Kier alpha value is -1.78. The van der Waals surface area contributed by atoms with Gasteiger partial charge in [0.25, 0.3) is 5.91 Å². The van der Waals surface area contributed by atoms with Crippen LogP contribution in [0.5, 0.6) is 0 Å². The predicted octanol–water partition coefficient (Wildman–Crippen LogP) is 5.01. The molecule has 28 heavy (non-hydrogen) atoms. The fourth-order valence-electron chi connectivity index (χ4n) is 5.58. The highest BCUT2D eigenvalue weighted by Crippen LogP contribution is 2.41. The number of hydrogen-bond donors (Lipinski definition) is 1. The molecule has 1 aliphatic heterocycles. The molecule has 1 aromatic heterocycles. The van der Waals surface area contributed by atoms with Crippen LogP contribution in [0.3, 0.4) is 0 Å². The average Bonchev–Trinajstić information content (AvgIpc) is 3.31. The number of aliphatic imine (C=N–C) groups is 1. The maximum absolute atomic E-state index is 13.6. The molecule has 3 aliphatic rings. The summed E-state index contributed by atoms with van der Waals surface area (Å²) in [5, 5.41) is 0. The standard InChI is InChI=1S/C23H35N3O2/c24-22-25-23(16-19-10-5-2-6-11-19,14-13-18-8-3-1-4-9-18)21(27)26(22)17-20-12-7-15-28-20/h7,12,15,18-19H,1-6,8-11,13-14,16-17H2,(H2,24,25). The fourth-order valence-corrected chi connectivity index (χ4v) is 5.58. The van der Waals surface area contributed by atoms with Gasteiger partial charge in [0, 0.05) is 0 Å². The van der Waals surface area contributed by atoms with E-state index in [9.17, 15) is 4.79 Å². The first-order valence-corrected chi connectivity index (χ1v) is 11.4. The van der Waals surface area contributed by atoms with Crippen LogP contribution in [0.25, 0.3) is 0 Å². The van der Waals surface area contributed by atoms with Crippen LogP contribution in [0.15, 0.2) is 27.8 Å². The molecule has 5 nitrogen and oxygen atoms in total. The minimum atomic E-state index is -0.643. The molecule has 1 aromatic rings. The van der Waals surface area contributed by atoms with Crippen molar-refractivity contribution in [3.63, 3.8) is 0 Å². The number of amides is 1. The van der Waals surface area contributed by atoms with Crippen LogP contribution in [0, 0.1) is 11.8 Å². The van der Waals surface area contributed by atoms with Gasteiger partial charge in [0.15, 0.2) is 5.96 Å². The summed E-state index contributed by atoms with van der Waals surface area (Å²) in [6, 6.07) is 3.74. The van der Waals surface area contributed by atoms with E-state index in [-0.39, 0.29) is 5.91 Å². The summed E-state index contributed by atoms with van der Waals surface area (Å²) < 4.78 is 5.46. The zero-order valence-corrected chi connectivity index (χ0v) is 17.1. The predicted molar refractivity (Wildman–Crippen MR) is 111 cm³/mol. The molecule has 2 fully saturated rings. The SMILES string of the molecule is NC1=NC(CCC2CCCCC2)(CC2CCCCC2)C(=O)N1Cc1ccco1. The number of rotatable bonds is 7. The Bertz CT molecular complexity index is 672. The van der Waals surface area contributed by atoms with E-state index in [2.05, 4.69) is 0 Å². The van der Waals surface area contributed by atoms with Crippen molar-refractivity contribution in [1.82, 2.24) is 4.90 Å². The van der Waals surface area contributed by atoms with Gasteiger partial charge in [-0.3, -0.25) is 9.69 Å². The van der Waals surface area contributed by atoms with Crippen LogP contribution >= 0.6 is 0 Å². The smallest absolute Gasteiger partial charge is 0.257 e. The van der Waals surface area contributed by atoms with Gasteiger partial charge < -0.3 is 10.2 Å². The van der Waals surface area contributed by atoms with E-state index >= 15 is 0 Å². The number of guanidine groups is 1. The molecule has 0 spiro atoms. The van der Waals surface area contributed by atoms with Crippen molar-refractivity contribution in [3.05, 3.63) is 24.2 Å². The Labute approximate surface area is 168 Å². The van der Waals surface area contributed by atoms with E-state index in [4.69, 9.17) is 15.1 Å². The van der Waals surface area contributed by atoms with Crippen LogP contribution in [0.1, 0.15) is 89.2 Å². The van der Waals surface area contributed by atoms with E-state index < -0.39 is 5.54 Å². The lowest BCUT2D eigenvalue weighted by Gasteiger charge is -2.33. The molecule has 5 heteroatoms. The van der Waals surface area contributed by atoms with Crippen molar-refractivity contribution in [2.24, 2.45) is 22.6 Å². The second-order valence-electron chi connectivity index (χ2n) is 9.22. The number of furan rings is 1. The van der Waals surface area contributed by atoms with E-state index in [1.54, 1.807) is 11.2 Å². The molecule has 2 heterocycles. The molecule has 0 radical (unpaired) electrons. The number of carbonyl (C=O) groups is 1. The van der Waals surface area contributed by atoms with Crippen LogP contribution in [0.2, 0.25) is 0 Å². The van der Waals surface area contributed by atoms with Gasteiger partial charge in [0.2, 0.25) is 0 Å². The molecule has 1 unspecified atom stereocenters. The maximum Gasteiger partial charge on any atom is 0.257 e. The lowest BCUT2D eigenvalue weighted by atomic mass is 9.75. The summed E-state index contributed by atoms with van der Waals surface area (Å²) in [6.07, 6.45) is 17.5. The monoisotopic (exact) mass is 385 g/mol. The first-order valence-electron chi connectivity index (χ1n) is 11.4. The molecule has 0 saturated heterocycles. The minimum Gasteiger partial charge on any atom is -0.467 e.